The van der Waals surface area contributed by atoms with Gasteiger partial charge in [-0.2, -0.15) is 0 Å². The molecule has 0 radical (unpaired) electrons. The van der Waals surface area contributed by atoms with Gasteiger partial charge in [-0.25, -0.2) is 0 Å². The van der Waals surface area contributed by atoms with Crippen LogP contribution in [0.5, 0.6) is 0 Å². The van der Waals surface area contributed by atoms with Gasteiger partial charge in [-0.1, -0.05) is 104 Å². The lowest BCUT2D eigenvalue weighted by Crippen LogP contribution is -2.60. The van der Waals surface area contributed by atoms with Crippen molar-refractivity contribution in [3.8, 4) is 0 Å². The fraction of sp³-hybridized carbons (Fsp3) is 0.378. The summed E-state index contributed by atoms with van der Waals surface area (Å²) in [4.78, 5) is 61.1. The number of nitrogens with one attached hydrogen (secondary N) is 3. The van der Waals surface area contributed by atoms with Gasteiger partial charge in [-0.05, 0) is 78.8 Å². The molecule has 1 spiro atoms. The van der Waals surface area contributed by atoms with Crippen LogP contribution in [0.1, 0.15) is 72.0 Å². The Morgan fingerprint density at radius 1 is 0.750 bits per heavy atom. The average Bonchev–Trinajstić information content (AvgIpc) is 3.48. The number of benzene rings is 4. The Bertz CT molecular complexity index is 1950. The Morgan fingerprint density at radius 3 is 2.02 bits per heavy atom. The van der Waals surface area contributed by atoms with Gasteiger partial charge in [0.25, 0.3) is 11.8 Å². The predicted molar refractivity (Wildman–Crippen MR) is 219 cm³/mol. The van der Waals surface area contributed by atoms with Crippen LogP contribution < -0.4 is 20.9 Å². The third kappa shape index (κ3) is 9.42. The SMILES string of the molecule is O=C(CN1CN(c2ccccc2)C2(CCN(C(=O)C(Cc3ccc(Cl)cc3)NC(=O)c3ccc(CNCc4ccccc4)cc3)CC2)C1=O)NC1CCCCC1. The minimum atomic E-state index is -0.893. The molecule has 4 aromatic carbocycles. The Labute approximate surface area is 334 Å². The highest BCUT2D eigenvalue weighted by Crippen LogP contribution is 2.39. The molecule has 2 aliphatic heterocycles. The quantitative estimate of drug-likeness (QED) is 0.152. The third-order valence-electron chi connectivity index (χ3n) is 11.5. The molecule has 3 N–H and O–H groups in total. The van der Waals surface area contributed by atoms with E-state index in [0.29, 0.717) is 49.7 Å². The van der Waals surface area contributed by atoms with Crippen molar-refractivity contribution < 1.29 is 19.2 Å². The standard InChI is InChI=1S/C45H51ClN6O4/c46-37-22-18-33(19-23-37)28-40(49-42(54)36-20-16-35(17-21-36)30-47-29-34-10-4-1-5-11-34)43(55)50-26-24-45(25-27-50)44(56)51(32-52(45)39-14-8-3-9-15-39)31-41(53)48-38-12-6-2-7-13-38/h1,3-5,8-11,14-23,38,40,47H,2,6-7,12-13,24-32H2,(H,48,53)(H,49,54). The summed E-state index contributed by atoms with van der Waals surface area (Å²) in [7, 11) is 0. The highest BCUT2D eigenvalue weighted by molar-refractivity contribution is 6.30. The van der Waals surface area contributed by atoms with Crippen molar-refractivity contribution in [3.63, 3.8) is 0 Å². The first-order valence-corrected chi connectivity index (χ1v) is 20.2. The first kappa shape index (κ1) is 39.1. The van der Waals surface area contributed by atoms with Crippen LogP contribution in [-0.2, 0) is 33.9 Å². The maximum Gasteiger partial charge on any atom is 0.251 e. The zero-order valence-corrected chi connectivity index (χ0v) is 32.6. The second-order valence-corrected chi connectivity index (χ2v) is 15.7. The third-order valence-corrected chi connectivity index (χ3v) is 11.7. The lowest BCUT2D eigenvalue weighted by molar-refractivity contribution is -0.140. The Hall–Kier alpha value is -5.19. The van der Waals surface area contributed by atoms with Gasteiger partial charge in [0.1, 0.15) is 18.1 Å². The van der Waals surface area contributed by atoms with Gasteiger partial charge in [0.2, 0.25) is 11.8 Å². The number of carbonyl (C=O) groups excluding carboxylic acids is 4. The molecule has 2 saturated heterocycles. The maximum absolute atomic E-state index is 14.4. The van der Waals surface area contributed by atoms with Gasteiger partial charge in [0.05, 0.1) is 6.67 Å². The number of rotatable bonds is 13. The Balaban J connectivity index is 1.03. The van der Waals surface area contributed by atoms with E-state index in [1.165, 1.54) is 12.0 Å². The van der Waals surface area contributed by atoms with Gasteiger partial charge in [0.15, 0.2) is 0 Å². The predicted octanol–water partition coefficient (Wildman–Crippen LogP) is 6.09. The minimum absolute atomic E-state index is 0.00341. The first-order chi connectivity index (χ1) is 27.3. The molecule has 292 valence electrons. The van der Waals surface area contributed by atoms with Crippen molar-refractivity contribution in [1.29, 1.82) is 0 Å². The van der Waals surface area contributed by atoms with E-state index >= 15 is 0 Å². The zero-order valence-electron chi connectivity index (χ0n) is 31.8. The summed E-state index contributed by atoms with van der Waals surface area (Å²) in [5.41, 5.74) is 3.58. The monoisotopic (exact) mass is 774 g/mol. The molecule has 1 aliphatic carbocycles. The number of amides is 4. The van der Waals surface area contributed by atoms with E-state index in [-0.39, 0.29) is 42.6 Å². The molecule has 4 amide bonds. The molecule has 1 unspecified atom stereocenters. The Morgan fingerprint density at radius 2 is 1.36 bits per heavy atom. The summed E-state index contributed by atoms with van der Waals surface area (Å²) in [6.07, 6.45) is 6.44. The van der Waals surface area contributed by atoms with Gasteiger partial charge in [0, 0.05) is 54.9 Å². The fourth-order valence-corrected chi connectivity index (χ4v) is 8.48. The van der Waals surface area contributed by atoms with E-state index in [2.05, 4.69) is 33.0 Å². The van der Waals surface area contributed by atoms with Crippen LogP contribution in [-0.4, -0.2) is 77.4 Å². The molecule has 10 nitrogen and oxygen atoms in total. The largest absolute Gasteiger partial charge is 0.352 e. The van der Waals surface area contributed by atoms with Crippen molar-refractivity contribution >= 4 is 40.9 Å². The van der Waals surface area contributed by atoms with Crippen LogP contribution in [0.3, 0.4) is 0 Å². The summed E-state index contributed by atoms with van der Waals surface area (Å²) in [6, 6.07) is 34.0. The lowest BCUT2D eigenvalue weighted by atomic mass is 9.85. The summed E-state index contributed by atoms with van der Waals surface area (Å²) in [5.74, 6) is -0.752. The maximum atomic E-state index is 14.4. The molecule has 11 heteroatoms. The van der Waals surface area contributed by atoms with E-state index in [4.69, 9.17) is 11.6 Å². The number of hydrogen-bond donors (Lipinski definition) is 3. The van der Waals surface area contributed by atoms with Crippen LogP contribution in [0.15, 0.2) is 109 Å². The number of hydrogen-bond acceptors (Lipinski definition) is 6. The number of anilines is 1. The molecular weight excluding hydrogens is 724 g/mol. The Kier molecular flexibility index (Phi) is 12.7. The van der Waals surface area contributed by atoms with E-state index in [0.717, 1.165) is 49.0 Å². The van der Waals surface area contributed by atoms with E-state index in [9.17, 15) is 19.2 Å². The van der Waals surface area contributed by atoms with Gasteiger partial charge >= 0.3 is 0 Å². The molecule has 3 aliphatic rings. The average molecular weight is 775 g/mol. The number of para-hydroxylation sites is 1. The van der Waals surface area contributed by atoms with Crippen molar-refractivity contribution in [2.45, 2.75) is 82.1 Å². The highest BCUT2D eigenvalue weighted by Gasteiger charge is 2.54. The highest BCUT2D eigenvalue weighted by atomic mass is 35.5. The normalized spacial score (nSPS) is 17.5. The molecule has 1 saturated carbocycles. The summed E-state index contributed by atoms with van der Waals surface area (Å²) in [5, 5.41) is 10.2. The number of carbonyl (C=O) groups is 4. The second kappa shape index (κ2) is 18.2. The molecule has 4 aromatic rings. The zero-order chi connectivity index (χ0) is 38.9. The van der Waals surface area contributed by atoms with Crippen molar-refractivity contribution in [2.24, 2.45) is 0 Å². The van der Waals surface area contributed by atoms with Crippen LogP contribution >= 0.6 is 11.6 Å². The summed E-state index contributed by atoms with van der Waals surface area (Å²) < 4.78 is 0. The minimum Gasteiger partial charge on any atom is -0.352 e. The molecule has 1 atom stereocenters. The second-order valence-electron chi connectivity index (χ2n) is 15.3. The van der Waals surface area contributed by atoms with Crippen LogP contribution in [0.4, 0.5) is 5.69 Å². The van der Waals surface area contributed by atoms with Gasteiger partial charge in [-0.15, -0.1) is 0 Å². The van der Waals surface area contributed by atoms with Gasteiger partial charge < -0.3 is 30.7 Å². The van der Waals surface area contributed by atoms with Crippen LogP contribution in [0.25, 0.3) is 0 Å². The molecule has 0 bridgehead atoms. The van der Waals surface area contributed by atoms with Crippen LogP contribution in [0, 0.1) is 0 Å². The molecule has 3 fully saturated rings. The number of likely N-dealkylation sites (tertiary alicyclic amines) is 1. The van der Waals surface area contributed by atoms with Crippen molar-refractivity contribution in [3.05, 3.63) is 136 Å². The number of halogens is 1. The van der Waals surface area contributed by atoms with Crippen LogP contribution in [0.2, 0.25) is 5.02 Å². The summed E-state index contributed by atoms with van der Waals surface area (Å²) in [6.45, 7) is 2.35. The molecule has 7 rings (SSSR count). The fourth-order valence-electron chi connectivity index (χ4n) is 8.35. The molecule has 56 heavy (non-hydrogen) atoms. The van der Waals surface area contributed by atoms with E-state index in [1.54, 1.807) is 34.1 Å². The summed E-state index contributed by atoms with van der Waals surface area (Å²) >= 11 is 6.17. The van der Waals surface area contributed by atoms with E-state index in [1.807, 2.05) is 72.8 Å². The molecule has 0 aromatic heterocycles. The van der Waals surface area contributed by atoms with E-state index < -0.39 is 11.6 Å². The molecule has 2 heterocycles. The van der Waals surface area contributed by atoms with Gasteiger partial charge in [-0.3, -0.25) is 19.2 Å². The smallest absolute Gasteiger partial charge is 0.251 e. The molecular formula is C45H51ClN6O4. The number of piperidine rings is 1. The van der Waals surface area contributed by atoms with Crippen molar-refractivity contribution in [1.82, 2.24) is 25.8 Å². The lowest BCUT2D eigenvalue weighted by Gasteiger charge is -2.44. The first-order valence-electron chi connectivity index (χ1n) is 19.9. The topological polar surface area (TPSA) is 114 Å². The van der Waals surface area contributed by atoms with Crippen molar-refractivity contribution in [2.75, 3.05) is 31.2 Å². The number of nitrogens with zero attached hydrogens (tertiary/aromatic N) is 3.